The van der Waals surface area contributed by atoms with E-state index in [1.54, 1.807) is 5.57 Å². The standard InChI is InChI=1S/C16H20O2/c1-2-18-16(17)13-9-12-8-11-6-4-3-5-7-14(11)15(12)10-13/h5,7,13H,2-4,6,8-10H2,1H3. The van der Waals surface area contributed by atoms with Gasteiger partial charge in [0.25, 0.3) is 0 Å². The van der Waals surface area contributed by atoms with Crippen molar-refractivity contribution in [1.82, 2.24) is 0 Å². The summed E-state index contributed by atoms with van der Waals surface area (Å²) in [5.41, 5.74) is 6.02. The average Bonchev–Trinajstić information content (AvgIpc) is 2.80. The minimum Gasteiger partial charge on any atom is -0.466 e. The molecule has 0 heterocycles. The van der Waals surface area contributed by atoms with Crippen LogP contribution >= 0.6 is 0 Å². The van der Waals surface area contributed by atoms with Crippen LogP contribution in [0.25, 0.3) is 0 Å². The third kappa shape index (κ3) is 1.94. The first-order chi connectivity index (χ1) is 8.79. The molecule has 1 atom stereocenters. The van der Waals surface area contributed by atoms with Crippen LogP contribution in [0.3, 0.4) is 0 Å². The van der Waals surface area contributed by atoms with E-state index >= 15 is 0 Å². The fraction of sp³-hybridized carbons (Fsp3) is 0.562. The Morgan fingerprint density at radius 2 is 2.28 bits per heavy atom. The molecule has 2 nitrogen and oxygen atoms in total. The number of fused-ring (bicyclic) bond motifs is 1. The van der Waals surface area contributed by atoms with Crippen molar-refractivity contribution in [2.45, 2.75) is 45.4 Å². The second-order valence-electron chi connectivity index (χ2n) is 5.43. The van der Waals surface area contributed by atoms with Gasteiger partial charge < -0.3 is 4.74 Å². The van der Waals surface area contributed by atoms with Crippen molar-refractivity contribution in [2.75, 3.05) is 6.61 Å². The molecule has 1 unspecified atom stereocenters. The van der Waals surface area contributed by atoms with Gasteiger partial charge in [0.1, 0.15) is 0 Å². The zero-order valence-corrected chi connectivity index (χ0v) is 11.0. The van der Waals surface area contributed by atoms with Crippen LogP contribution in [0, 0.1) is 5.92 Å². The van der Waals surface area contributed by atoms with Gasteiger partial charge in [-0.05, 0) is 56.6 Å². The third-order valence-corrected chi connectivity index (χ3v) is 4.26. The van der Waals surface area contributed by atoms with Crippen molar-refractivity contribution < 1.29 is 9.53 Å². The normalized spacial score (nSPS) is 26.2. The van der Waals surface area contributed by atoms with E-state index in [1.807, 2.05) is 6.92 Å². The van der Waals surface area contributed by atoms with Crippen molar-refractivity contribution in [3.63, 3.8) is 0 Å². The Labute approximate surface area is 108 Å². The monoisotopic (exact) mass is 244 g/mol. The summed E-state index contributed by atoms with van der Waals surface area (Å²) < 4.78 is 5.15. The molecule has 0 N–H and O–H groups in total. The second kappa shape index (κ2) is 4.75. The van der Waals surface area contributed by atoms with E-state index in [9.17, 15) is 4.79 Å². The summed E-state index contributed by atoms with van der Waals surface area (Å²) in [6.07, 6.45) is 11.2. The molecule has 0 saturated carbocycles. The molecule has 18 heavy (non-hydrogen) atoms. The molecular weight excluding hydrogens is 224 g/mol. The molecule has 3 aliphatic carbocycles. The van der Waals surface area contributed by atoms with E-state index in [-0.39, 0.29) is 11.9 Å². The maximum atomic E-state index is 11.8. The lowest BCUT2D eigenvalue weighted by molar-refractivity contribution is -0.147. The lowest BCUT2D eigenvalue weighted by Gasteiger charge is -2.12. The number of hydrogen-bond acceptors (Lipinski definition) is 2. The smallest absolute Gasteiger partial charge is 0.309 e. The van der Waals surface area contributed by atoms with Crippen molar-refractivity contribution >= 4 is 5.97 Å². The first-order valence-corrected chi connectivity index (χ1v) is 7.06. The maximum absolute atomic E-state index is 11.8. The van der Waals surface area contributed by atoms with Gasteiger partial charge in [-0.3, -0.25) is 4.79 Å². The van der Waals surface area contributed by atoms with Gasteiger partial charge in [0.2, 0.25) is 0 Å². The van der Waals surface area contributed by atoms with Gasteiger partial charge >= 0.3 is 5.97 Å². The van der Waals surface area contributed by atoms with Crippen LogP contribution in [0.5, 0.6) is 0 Å². The molecule has 0 aliphatic heterocycles. The van der Waals surface area contributed by atoms with Gasteiger partial charge in [0.15, 0.2) is 0 Å². The van der Waals surface area contributed by atoms with Crippen molar-refractivity contribution in [2.24, 2.45) is 5.92 Å². The summed E-state index contributed by atoms with van der Waals surface area (Å²) in [4.78, 5) is 11.8. The van der Waals surface area contributed by atoms with Gasteiger partial charge in [-0.15, -0.1) is 0 Å². The molecule has 2 heteroatoms. The minimum absolute atomic E-state index is 0.00773. The zero-order valence-electron chi connectivity index (χ0n) is 11.0. The Morgan fingerprint density at radius 3 is 3.11 bits per heavy atom. The highest BCUT2D eigenvalue weighted by Crippen LogP contribution is 2.47. The number of ether oxygens (including phenoxy) is 1. The predicted octanol–water partition coefficient (Wildman–Crippen LogP) is 3.70. The number of carbonyl (C=O) groups is 1. The topological polar surface area (TPSA) is 26.3 Å². The Hall–Kier alpha value is -1.31. The van der Waals surface area contributed by atoms with E-state index in [2.05, 4.69) is 12.2 Å². The largest absolute Gasteiger partial charge is 0.466 e. The van der Waals surface area contributed by atoms with E-state index in [0.717, 1.165) is 19.3 Å². The van der Waals surface area contributed by atoms with E-state index in [4.69, 9.17) is 4.74 Å². The summed E-state index contributed by atoms with van der Waals surface area (Å²) >= 11 is 0. The highest BCUT2D eigenvalue weighted by molar-refractivity contribution is 5.75. The molecule has 0 saturated heterocycles. The molecular formula is C16H20O2. The lowest BCUT2D eigenvalue weighted by atomic mass is 9.96. The average molecular weight is 244 g/mol. The zero-order chi connectivity index (χ0) is 12.5. The van der Waals surface area contributed by atoms with Gasteiger partial charge in [-0.1, -0.05) is 23.3 Å². The number of carbonyl (C=O) groups excluding carboxylic acids is 1. The molecule has 0 fully saturated rings. The minimum atomic E-state index is -0.00773. The molecule has 0 radical (unpaired) electrons. The summed E-state index contributed by atoms with van der Waals surface area (Å²) in [7, 11) is 0. The van der Waals surface area contributed by atoms with E-state index < -0.39 is 0 Å². The SMILES string of the molecule is CCOC(=O)C1CC2=C(C1)C1=C(CCCC=C1)C2. The van der Waals surface area contributed by atoms with Crippen LogP contribution in [0.4, 0.5) is 0 Å². The van der Waals surface area contributed by atoms with Gasteiger partial charge in [-0.2, -0.15) is 0 Å². The Morgan fingerprint density at radius 1 is 1.39 bits per heavy atom. The quantitative estimate of drug-likeness (QED) is 0.692. The summed E-state index contributed by atoms with van der Waals surface area (Å²) in [6, 6.07) is 0. The highest BCUT2D eigenvalue weighted by Gasteiger charge is 2.35. The van der Waals surface area contributed by atoms with Crippen molar-refractivity contribution in [3.05, 3.63) is 34.4 Å². The molecule has 0 aromatic heterocycles. The molecule has 0 amide bonds. The molecule has 3 aliphatic rings. The molecule has 96 valence electrons. The Balaban J connectivity index is 1.76. The van der Waals surface area contributed by atoms with Gasteiger partial charge in [-0.25, -0.2) is 0 Å². The second-order valence-corrected chi connectivity index (χ2v) is 5.43. The van der Waals surface area contributed by atoms with Crippen LogP contribution in [-0.2, 0) is 9.53 Å². The van der Waals surface area contributed by atoms with E-state index in [0.29, 0.717) is 6.61 Å². The Kier molecular flexibility index (Phi) is 3.11. The Bertz CT molecular complexity index is 465. The number of rotatable bonds is 2. The molecule has 0 aromatic carbocycles. The first kappa shape index (κ1) is 11.8. The summed E-state index contributed by atoms with van der Waals surface area (Å²) in [5.74, 6) is 0.0762. The molecule has 0 bridgehead atoms. The summed E-state index contributed by atoms with van der Waals surface area (Å²) in [6.45, 7) is 2.37. The van der Waals surface area contributed by atoms with Crippen LogP contribution in [0.15, 0.2) is 34.4 Å². The fourth-order valence-electron chi connectivity index (χ4n) is 3.43. The first-order valence-electron chi connectivity index (χ1n) is 7.06. The van der Waals surface area contributed by atoms with E-state index in [1.165, 1.54) is 36.0 Å². The van der Waals surface area contributed by atoms with Crippen LogP contribution in [0.1, 0.15) is 45.4 Å². The van der Waals surface area contributed by atoms with Gasteiger partial charge in [0, 0.05) is 0 Å². The third-order valence-electron chi connectivity index (χ3n) is 4.26. The predicted molar refractivity (Wildman–Crippen MR) is 71.0 cm³/mol. The van der Waals surface area contributed by atoms with Gasteiger partial charge in [0.05, 0.1) is 12.5 Å². The highest BCUT2D eigenvalue weighted by atomic mass is 16.5. The number of esters is 1. The fourth-order valence-corrected chi connectivity index (χ4v) is 3.43. The lowest BCUT2D eigenvalue weighted by Crippen LogP contribution is -2.16. The van der Waals surface area contributed by atoms with Crippen molar-refractivity contribution in [3.8, 4) is 0 Å². The van der Waals surface area contributed by atoms with Crippen LogP contribution in [-0.4, -0.2) is 12.6 Å². The van der Waals surface area contributed by atoms with Crippen molar-refractivity contribution in [1.29, 1.82) is 0 Å². The van der Waals surface area contributed by atoms with Crippen LogP contribution < -0.4 is 0 Å². The number of allylic oxidation sites excluding steroid dienone is 6. The summed E-state index contributed by atoms with van der Waals surface area (Å²) in [5, 5.41) is 0. The molecule has 0 aromatic rings. The molecule has 3 rings (SSSR count). The number of hydrogen-bond donors (Lipinski definition) is 0. The maximum Gasteiger partial charge on any atom is 0.309 e. The molecule has 0 spiro atoms. The van der Waals surface area contributed by atoms with Crippen LogP contribution in [0.2, 0.25) is 0 Å².